The number of nitrogens with zero attached hydrogens (tertiary/aromatic N) is 6. The first-order valence-electron chi connectivity index (χ1n) is 7.27. The summed E-state index contributed by atoms with van der Waals surface area (Å²) in [6, 6.07) is 7.68. The Morgan fingerprint density at radius 3 is 3.09 bits per heavy atom. The molecule has 0 fully saturated rings. The highest BCUT2D eigenvalue weighted by Crippen LogP contribution is 2.28. The Bertz CT molecular complexity index is 821. The Morgan fingerprint density at radius 1 is 1.32 bits per heavy atom. The van der Waals surface area contributed by atoms with Crippen molar-refractivity contribution in [1.82, 2.24) is 29.5 Å². The van der Waals surface area contributed by atoms with Gasteiger partial charge in [0.05, 0.1) is 12.2 Å². The van der Waals surface area contributed by atoms with Crippen molar-refractivity contribution in [3.05, 3.63) is 53.1 Å². The lowest BCUT2D eigenvalue weighted by Gasteiger charge is -2.22. The number of rotatable bonds is 2. The molecule has 22 heavy (non-hydrogen) atoms. The van der Waals surface area contributed by atoms with Crippen molar-refractivity contribution in [2.24, 2.45) is 0 Å². The fourth-order valence-electron chi connectivity index (χ4n) is 2.94. The molecular weight excluding hydrogens is 300 g/mol. The van der Waals surface area contributed by atoms with Crippen LogP contribution in [0, 0.1) is 6.92 Å². The van der Waals surface area contributed by atoms with E-state index in [0.29, 0.717) is 5.02 Å². The zero-order valence-electron chi connectivity index (χ0n) is 12.1. The average molecular weight is 315 g/mol. The zero-order chi connectivity index (χ0) is 15.1. The molecule has 0 bridgehead atoms. The molecule has 0 saturated carbocycles. The highest BCUT2D eigenvalue weighted by Gasteiger charge is 2.26. The molecule has 3 heterocycles. The Hall–Kier alpha value is -2.21. The third-order valence-corrected chi connectivity index (χ3v) is 4.20. The Balaban J connectivity index is 1.74. The van der Waals surface area contributed by atoms with Gasteiger partial charge in [0, 0.05) is 17.4 Å². The second-order valence-electron chi connectivity index (χ2n) is 5.50. The summed E-state index contributed by atoms with van der Waals surface area (Å²) in [4.78, 5) is 8.92. The van der Waals surface area contributed by atoms with Crippen molar-refractivity contribution < 1.29 is 0 Å². The highest BCUT2D eigenvalue weighted by molar-refractivity contribution is 6.30. The van der Waals surface area contributed by atoms with Gasteiger partial charge in [-0.2, -0.15) is 10.2 Å². The standard InChI is InChI=1S/C15H15ClN6/c1-10-19-15(11-5-6-14-17-9-18-21(14)8-11)22(20-10)13-4-2-3-12(16)7-13/h2-4,7,9,11H,5-6,8H2,1H3. The number of aromatic nitrogens is 6. The van der Waals surface area contributed by atoms with Gasteiger partial charge < -0.3 is 0 Å². The third-order valence-electron chi connectivity index (χ3n) is 3.96. The minimum Gasteiger partial charge on any atom is -0.249 e. The number of benzene rings is 1. The molecule has 2 aromatic heterocycles. The second-order valence-corrected chi connectivity index (χ2v) is 5.94. The lowest BCUT2D eigenvalue weighted by molar-refractivity contribution is 0.404. The largest absolute Gasteiger partial charge is 0.249 e. The fourth-order valence-corrected chi connectivity index (χ4v) is 3.13. The predicted octanol–water partition coefficient (Wildman–Crippen LogP) is 2.55. The van der Waals surface area contributed by atoms with Crippen LogP contribution in [0.1, 0.15) is 29.8 Å². The van der Waals surface area contributed by atoms with Crippen LogP contribution in [0.3, 0.4) is 0 Å². The minimum absolute atomic E-state index is 0.273. The lowest BCUT2D eigenvalue weighted by Crippen LogP contribution is -2.22. The SMILES string of the molecule is Cc1nc(C2CCc3ncnn3C2)n(-c2cccc(Cl)c2)n1. The maximum Gasteiger partial charge on any atom is 0.148 e. The lowest BCUT2D eigenvalue weighted by atomic mass is 9.99. The number of aryl methyl sites for hydroxylation is 2. The van der Waals surface area contributed by atoms with Crippen LogP contribution in [-0.2, 0) is 13.0 Å². The average Bonchev–Trinajstić information content (AvgIpc) is 3.12. The van der Waals surface area contributed by atoms with Gasteiger partial charge in [-0.05, 0) is 31.5 Å². The van der Waals surface area contributed by atoms with Crippen molar-refractivity contribution in [2.45, 2.75) is 32.2 Å². The molecule has 0 spiro atoms. The second kappa shape index (κ2) is 5.21. The Kier molecular flexibility index (Phi) is 3.18. The van der Waals surface area contributed by atoms with Crippen molar-refractivity contribution in [3.8, 4) is 5.69 Å². The molecule has 1 aromatic carbocycles. The summed E-state index contributed by atoms with van der Waals surface area (Å²) in [5, 5.41) is 9.52. The van der Waals surface area contributed by atoms with Crippen LogP contribution in [0.4, 0.5) is 0 Å². The van der Waals surface area contributed by atoms with E-state index in [9.17, 15) is 0 Å². The van der Waals surface area contributed by atoms with Gasteiger partial charge in [0.15, 0.2) is 0 Å². The van der Waals surface area contributed by atoms with Gasteiger partial charge in [-0.1, -0.05) is 17.7 Å². The molecule has 0 radical (unpaired) electrons. The summed E-state index contributed by atoms with van der Waals surface area (Å²) < 4.78 is 3.86. The molecular formula is C15H15ClN6. The number of halogens is 1. The molecule has 3 aromatic rings. The highest BCUT2D eigenvalue weighted by atomic mass is 35.5. The van der Waals surface area contributed by atoms with Crippen LogP contribution >= 0.6 is 11.6 Å². The minimum atomic E-state index is 0.273. The van der Waals surface area contributed by atoms with Gasteiger partial charge >= 0.3 is 0 Å². The number of hydrogen-bond donors (Lipinski definition) is 0. The summed E-state index contributed by atoms with van der Waals surface area (Å²) in [5.74, 6) is 3.04. The van der Waals surface area contributed by atoms with E-state index in [0.717, 1.165) is 42.5 Å². The van der Waals surface area contributed by atoms with E-state index in [4.69, 9.17) is 11.6 Å². The molecule has 1 unspecified atom stereocenters. The van der Waals surface area contributed by atoms with Crippen LogP contribution in [-0.4, -0.2) is 29.5 Å². The first-order chi connectivity index (χ1) is 10.7. The summed E-state index contributed by atoms with van der Waals surface area (Å²) in [7, 11) is 0. The molecule has 1 atom stereocenters. The van der Waals surface area contributed by atoms with Crippen molar-refractivity contribution in [3.63, 3.8) is 0 Å². The van der Waals surface area contributed by atoms with Crippen molar-refractivity contribution in [2.75, 3.05) is 0 Å². The van der Waals surface area contributed by atoms with Gasteiger partial charge in [-0.25, -0.2) is 19.3 Å². The molecule has 112 valence electrons. The number of fused-ring (bicyclic) bond motifs is 1. The van der Waals surface area contributed by atoms with Crippen LogP contribution in [0.15, 0.2) is 30.6 Å². The maximum absolute atomic E-state index is 6.11. The van der Waals surface area contributed by atoms with E-state index in [1.54, 1.807) is 6.33 Å². The maximum atomic E-state index is 6.11. The molecule has 6 nitrogen and oxygen atoms in total. The van der Waals surface area contributed by atoms with Crippen LogP contribution < -0.4 is 0 Å². The van der Waals surface area contributed by atoms with Crippen molar-refractivity contribution in [1.29, 1.82) is 0 Å². The Morgan fingerprint density at radius 2 is 2.23 bits per heavy atom. The first kappa shape index (κ1) is 13.5. The molecule has 0 aliphatic carbocycles. The fraction of sp³-hybridized carbons (Fsp3) is 0.333. The van der Waals surface area contributed by atoms with Gasteiger partial charge in [0.25, 0.3) is 0 Å². The van der Waals surface area contributed by atoms with Gasteiger partial charge in [-0.15, -0.1) is 0 Å². The van der Waals surface area contributed by atoms with E-state index in [-0.39, 0.29) is 5.92 Å². The predicted molar refractivity (Wildman–Crippen MR) is 82.2 cm³/mol. The summed E-state index contributed by atoms with van der Waals surface area (Å²) in [6.07, 6.45) is 3.52. The van der Waals surface area contributed by atoms with E-state index < -0.39 is 0 Å². The smallest absolute Gasteiger partial charge is 0.148 e. The summed E-state index contributed by atoms with van der Waals surface area (Å²) in [5.41, 5.74) is 0.937. The van der Waals surface area contributed by atoms with Crippen LogP contribution in [0.5, 0.6) is 0 Å². The summed E-state index contributed by atoms with van der Waals surface area (Å²) in [6.45, 7) is 2.70. The third kappa shape index (κ3) is 2.29. The normalized spacial score (nSPS) is 17.5. The van der Waals surface area contributed by atoms with Gasteiger partial charge in [-0.3, -0.25) is 0 Å². The molecule has 0 N–H and O–H groups in total. The zero-order valence-corrected chi connectivity index (χ0v) is 12.9. The molecule has 0 amide bonds. The van der Waals surface area contributed by atoms with Crippen LogP contribution in [0.2, 0.25) is 5.02 Å². The number of hydrogen-bond acceptors (Lipinski definition) is 4. The van der Waals surface area contributed by atoms with E-state index in [2.05, 4.69) is 20.2 Å². The van der Waals surface area contributed by atoms with Crippen molar-refractivity contribution >= 4 is 11.6 Å². The van der Waals surface area contributed by atoms with E-state index >= 15 is 0 Å². The van der Waals surface area contributed by atoms with Gasteiger partial charge in [0.1, 0.15) is 23.8 Å². The molecule has 1 aliphatic heterocycles. The van der Waals surface area contributed by atoms with E-state index in [1.165, 1.54) is 0 Å². The van der Waals surface area contributed by atoms with Gasteiger partial charge in [0.2, 0.25) is 0 Å². The molecule has 1 aliphatic rings. The summed E-state index contributed by atoms with van der Waals surface area (Å²) >= 11 is 6.11. The first-order valence-corrected chi connectivity index (χ1v) is 7.64. The van der Waals surface area contributed by atoms with Crippen LogP contribution in [0.25, 0.3) is 5.69 Å². The van der Waals surface area contributed by atoms with E-state index in [1.807, 2.05) is 40.6 Å². The monoisotopic (exact) mass is 314 g/mol. The topological polar surface area (TPSA) is 61.4 Å². The Labute approximate surface area is 132 Å². The molecule has 7 heteroatoms. The quantitative estimate of drug-likeness (QED) is 0.729. The molecule has 4 rings (SSSR count). The molecule has 0 saturated heterocycles.